The molecular formula is C14H22N2O. The van der Waals surface area contributed by atoms with E-state index in [4.69, 9.17) is 4.74 Å². The van der Waals surface area contributed by atoms with Gasteiger partial charge >= 0.3 is 0 Å². The fraction of sp³-hybridized carbons (Fsp3) is 0.571. The lowest BCUT2D eigenvalue weighted by molar-refractivity contribution is 0.158. The molecule has 1 N–H and O–H groups in total. The third kappa shape index (κ3) is 3.28. The van der Waals surface area contributed by atoms with E-state index in [1.807, 2.05) is 0 Å². The minimum absolute atomic E-state index is 0.799. The summed E-state index contributed by atoms with van der Waals surface area (Å²) in [6.07, 6.45) is 1.16. The van der Waals surface area contributed by atoms with E-state index < -0.39 is 0 Å². The number of methoxy groups -OCH3 is 1. The van der Waals surface area contributed by atoms with Crippen molar-refractivity contribution in [3.05, 3.63) is 34.9 Å². The molecule has 2 rings (SSSR count). The summed E-state index contributed by atoms with van der Waals surface area (Å²) in [5, 5.41) is 3.42. The van der Waals surface area contributed by atoms with E-state index in [1.54, 1.807) is 12.7 Å². The van der Waals surface area contributed by atoms with Crippen LogP contribution in [0.2, 0.25) is 0 Å². The first-order valence-corrected chi connectivity index (χ1v) is 6.29. The van der Waals surface area contributed by atoms with Crippen LogP contribution in [-0.2, 0) is 24.2 Å². The second-order valence-corrected chi connectivity index (χ2v) is 4.71. The summed E-state index contributed by atoms with van der Waals surface area (Å²) < 4.78 is 5.11. The van der Waals surface area contributed by atoms with Crippen molar-refractivity contribution in [2.45, 2.75) is 19.5 Å². The van der Waals surface area contributed by atoms with E-state index in [0.29, 0.717) is 0 Å². The molecule has 0 aliphatic carbocycles. The molecule has 0 atom stereocenters. The van der Waals surface area contributed by atoms with Crippen molar-refractivity contribution < 1.29 is 4.74 Å². The van der Waals surface area contributed by atoms with Gasteiger partial charge in [-0.2, -0.15) is 0 Å². The second-order valence-electron chi connectivity index (χ2n) is 4.71. The third-order valence-electron chi connectivity index (χ3n) is 3.35. The Balaban J connectivity index is 2.05. The molecule has 1 heterocycles. The lowest BCUT2D eigenvalue weighted by atomic mass is 9.95. The smallest absolute Gasteiger partial charge is 0.0589 e. The average molecular weight is 234 g/mol. The highest BCUT2D eigenvalue weighted by molar-refractivity contribution is 5.36. The summed E-state index contributed by atoms with van der Waals surface area (Å²) in [6, 6.07) is 6.67. The van der Waals surface area contributed by atoms with Crippen molar-refractivity contribution in [1.29, 1.82) is 0 Å². The maximum absolute atomic E-state index is 5.11. The number of hydrogen-bond acceptors (Lipinski definition) is 3. The Morgan fingerprint density at radius 3 is 3.12 bits per heavy atom. The summed E-state index contributed by atoms with van der Waals surface area (Å²) in [5.74, 6) is 0. The molecule has 3 nitrogen and oxygen atoms in total. The number of hydrogen-bond donors (Lipinski definition) is 1. The minimum Gasteiger partial charge on any atom is -0.383 e. The fourth-order valence-corrected chi connectivity index (χ4v) is 2.38. The van der Waals surface area contributed by atoms with Crippen molar-refractivity contribution in [3.63, 3.8) is 0 Å². The van der Waals surface area contributed by atoms with Crippen molar-refractivity contribution in [2.24, 2.45) is 0 Å². The summed E-state index contributed by atoms with van der Waals surface area (Å²) in [4.78, 5) is 2.32. The summed E-state index contributed by atoms with van der Waals surface area (Å²) >= 11 is 0. The van der Waals surface area contributed by atoms with Crippen LogP contribution in [0.5, 0.6) is 0 Å². The van der Waals surface area contributed by atoms with E-state index in [0.717, 1.165) is 39.2 Å². The molecule has 0 aromatic heterocycles. The van der Waals surface area contributed by atoms with Crippen LogP contribution < -0.4 is 5.32 Å². The molecule has 94 valence electrons. The Labute approximate surface area is 104 Å². The predicted molar refractivity (Wildman–Crippen MR) is 70.1 cm³/mol. The van der Waals surface area contributed by atoms with Crippen LogP contribution in [0.15, 0.2) is 18.2 Å². The molecule has 17 heavy (non-hydrogen) atoms. The summed E-state index contributed by atoms with van der Waals surface area (Å²) in [7, 11) is 3.91. The highest BCUT2D eigenvalue weighted by Crippen LogP contribution is 2.19. The maximum Gasteiger partial charge on any atom is 0.0589 e. The maximum atomic E-state index is 5.11. The van der Waals surface area contributed by atoms with Gasteiger partial charge in [0, 0.05) is 26.7 Å². The average Bonchev–Trinajstić information content (AvgIpc) is 2.37. The van der Waals surface area contributed by atoms with Gasteiger partial charge in [-0.25, -0.2) is 0 Å². The van der Waals surface area contributed by atoms with E-state index >= 15 is 0 Å². The van der Waals surface area contributed by atoms with Crippen molar-refractivity contribution in [3.8, 4) is 0 Å². The number of fused-ring (bicyclic) bond motifs is 1. The van der Waals surface area contributed by atoms with Crippen LogP contribution in [-0.4, -0.2) is 38.8 Å². The molecule has 0 radical (unpaired) electrons. The molecule has 1 aliphatic heterocycles. The van der Waals surface area contributed by atoms with Crippen LogP contribution in [0.1, 0.15) is 16.7 Å². The van der Waals surface area contributed by atoms with E-state index in [-0.39, 0.29) is 0 Å². The molecule has 0 saturated carbocycles. The van der Waals surface area contributed by atoms with Crippen molar-refractivity contribution in [1.82, 2.24) is 10.2 Å². The Morgan fingerprint density at radius 2 is 2.29 bits per heavy atom. The number of nitrogens with zero attached hydrogens (tertiary/aromatic N) is 1. The van der Waals surface area contributed by atoms with Gasteiger partial charge in [0.1, 0.15) is 0 Å². The van der Waals surface area contributed by atoms with Crippen LogP contribution in [0.3, 0.4) is 0 Å². The summed E-state index contributed by atoms with van der Waals surface area (Å²) in [5.41, 5.74) is 4.49. The number of nitrogens with one attached hydrogen (secondary N) is 1. The zero-order chi connectivity index (χ0) is 12.1. The lowest BCUT2D eigenvalue weighted by Gasteiger charge is -2.23. The topological polar surface area (TPSA) is 24.5 Å². The number of likely N-dealkylation sites (N-methyl/N-ethyl adjacent to an activating group) is 1. The van der Waals surface area contributed by atoms with Gasteiger partial charge in [0.25, 0.3) is 0 Å². The largest absolute Gasteiger partial charge is 0.383 e. The van der Waals surface area contributed by atoms with Gasteiger partial charge < -0.3 is 10.1 Å². The van der Waals surface area contributed by atoms with Crippen LogP contribution in [0.4, 0.5) is 0 Å². The predicted octanol–water partition coefficient (Wildman–Crippen LogP) is 1.41. The SMILES string of the molecule is COCCN(C)Cc1cccc2c1CCNC2. The van der Waals surface area contributed by atoms with Crippen LogP contribution in [0.25, 0.3) is 0 Å². The molecule has 0 spiro atoms. The molecule has 1 aromatic carbocycles. The van der Waals surface area contributed by atoms with Crippen molar-refractivity contribution in [2.75, 3.05) is 33.9 Å². The fourth-order valence-electron chi connectivity index (χ4n) is 2.38. The van der Waals surface area contributed by atoms with E-state index in [9.17, 15) is 0 Å². The van der Waals surface area contributed by atoms with Gasteiger partial charge in [0.05, 0.1) is 6.61 Å². The molecule has 0 unspecified atom stereocenters. The third-order valence-corrected chi connectivity index (χ3v) is 3.35. The van der Waals surface area contributed by atoms with Gasteiger partial charge in [-0.15, -0.1) is 0 Å². The first-order valence-electron chi connectivity index (χ1n) is 6.29. The zero-order valence-corrected chi connectivity index (χ0v) is 10.8. The van der Waals surface area contributed by atoms with Crippen molar-refractivity contribution >= 4 is 0 Å². The Hall–Kier alpha value is -0.900. The van der Waals surface area contributed by atoms with Gasteiger partial charge in [-0.1, -0.05) is 18.2 Å². The highest BCUT2D eigenvalue weighted by Gasteiger charge is 2.13. The zero-order valence-electron chi connectivity index (χ0n) is 10.8. The van der Waals surface area contributed by atoms with Gasteiger partial charge in [-0.05, 0) is 36.7 Å². The van der Waals surface area contributed by atoms with E-state index in [1.165, 1.54) is 11.1 Å². The Bertz CT molecular complexity index is 365. The first kappa shape index (κ1) is 12.6. The Morgan fingerprint density at radius 1 is 1.41 bits per heavy atom. The number of rotatable bonds is 5. The molecule has 0 fully saturated rings. The van der Waals surface area contributed by atoms with Crippen LogP contribution >= 0.6 is 0 Å². The lowest BCUT2D eigenvalue weighted by Crippen LogP contribution is -2.27. The first-order chi connectivity index (χ1) is 8.31. The minimum atomic E-state index is 0.799. The Kier molecular flexibility index (Phi) is 4.54. The standard InChI is InChI=1S/C14H22N2O/c1-16(8-9-17-2)11-13-5-3-4-12-10-15-7-6-14(12)13/h3-5,15H,6-11H2,1-2H3. The van der Waals surface area contributed by atoms with Gasteiger partial charge in [0.15, 0.2) is 0 Å². The molecule has 0 bridgehead atoms. The molecule has 0 saturated heterocycles. The quantitative estimate of drug-likeness (QED) is 0.833. The van der Waals surface area contributed by atoms with E-state index in [2.05, 4.69) is 35.5 Å². The normalized spacial score (nSPS) is 15.0. The van der Waals surface area contributed by atoms with Crippen LogP contribution in [0, 0.1) is 0 Å². The number of ether oxygens (including phenoxy) is 1. The van der Waals surface area contributed by atoms with Gasteiger partial charge in [-0.3, -0.25) is 4.90 Å². The molecule has 0 amide bonds. The summed E-state index contributed by atoms with van der Waals surface area (Å²) in [6.45, 7) is 4.93. The molecule has 3 heteroatoms. The number of benzene rings is 1. The second kappa shape index (κ2) is 6.15. The van der Waals surface area contributed by atoms with Gasteiger partial charge in [0.2, 0.25) is 0 Å². The monoisotopic (exact) mass is 234 g/mol. The molecule has 1 aromatic rings. The molecule has 1 aliphatic rings. The molecular weight excluding hydrogens is 212 g/mol. The highest BCUT2D eigenvalue weighted by atomic mass is 16.5.